The lowest BCUT2D eigenvalue weighted by Crippen LogP contribution is -2.17. The monoisotopic (exact) mass is 579 g/mol. The molecule has 3 fully saturated rings. The van der Waals surface area contributed by atoms with Gasteiger partial charge in [-0.1, -0.05) is 12.1 Å². The molecule has 5 aliphatic rings. The molecule has 3 aromatic rings. The first-order chi connectivity index (χ1) is 20.5. The highest BCUT2D eigenvalue weighted by Crippen LogP contribution is 2.52. The van der Waals surface area contributed by atoms with Crippen molar-refractivity contribution in [3.8, 4) is 23.0 Å². The van der Waals surface area contributed by atoms with E-state index in [-0.39, 0.29) is 44.0 Å². The molecular formula is C28H25N3O11. The fraction of sp³-hybridized carbons (Fsp3) is 0.357. The second kappa shape index (κ2) is 10.9. The number of hydrogen-bond acceptors (Lipinski definition) is 12. The van der Waals surface area contributed by atoms with Crippen molar-refractivity contribution >= 4 is 18.2 Å². The molecule has 1 amide bonds. The van der Waals surface area contributed by atoms with Crippen LogP contribution in [-0.4, -0.2) is 62.2 Å². The van der Waals surface area contributed by atoms with Gasteiger partial charge >= 0.3 is 12.0 Å². The van der Waals surface area contributed by atoms with Crippen molar-refractivity contribution in [3.05, 3.63) is 75.5 Å². The van der Waals surface area contributed by atoms with E-state index >= 15 is 0 Å². The Morgan fingerprint density at radius 2 is 1.40 bits per heavy atom. The van der Waals surface area contributed by atoms with E-state index in [1.165, 1.54) is 18.3 Å². The van der Waals surface area contributed by atoms with Gasteiger partial charge in [0.15, 0.2) is 28.8 Å². The molecule has 218 valence electrons. The number of rotatable bonds is 5. The van der Waals surface area contributed by atoms with Gasteiger partial charge in [0.25, 0.3) is 0 Å². The van der Waals surface area contributed by atoms with Crippen LogP contribution in [0.3, 0.4) is 0 Å². The van der Waals surface area contributed by atoms with Gasteiger partial charge in [0, 0.05) is 11.8 Å². The second-order valence-corrected chi connectivity index (χ2v) is 9.98. The number of nitro groups is 1. The maximum absolute atomic E-state index is 11.0. The number of fused-ring (bicyclic) bond motifs is 3. The van der Waals surface area contributed by atoms with Gasteiger partial charge in [-0.15, -0.1) is 0 Å². The Morgan fingerprint density at radius 1 is 0.810 bits per heavy atom. The third kappa shape index (κ3) is 4.94. The van der Waals surface area contributed by atoms with E-state index in [0.717, 1.165) is 39.1 Å². The topological polar surface area (TPSA) is 154 Å². The van der Waals surface area contributed by atoms with Crippen LogP contribution >= 0.6 is 0 Å². The normalized spacial score (nSPS) is 25.0. The zero-order valence-corrected chi connectivity index (χ0v) is 22.1. The largest absolute Gasteiger partial charge is 0.454 e. The van der Waals surface area contributed by atoms with E-state index in [0.29, 0.717) is 31.6 Å². The van der Waals surface area contributed by atoms with E-state index in [1.807, 2.05) is 24.3 Å². The summed E-state index contributed by atoms with van der Waals surface area (Å²) in [4.78, 5) is 20.6. The van der Waals surface area contributed by atoms with Crippen molar-refractivity contribution in [1.82, 2.24) is 5.01 Å². The predicted molar refractivity (Wildman–Crippen MR) is 141 cm³/mol. The van der Waals surface area contributed by atoms with Gasteiger partial charge in [0.2, 0.25) is 13.6 Å². The summed E-state index contributed by atoms with van der Waals surface area (Å²) in [5.41, 5.74) is 2.24. The molecule has 0 bridgehead atoms. The number of carbonyl (C=O) groups excluding carboxylic acids is 1. The number of ether oxygens (including phenoxy) is 7. The number of carbonyl (C=O) groups is 1. The smallest absolute Gasteiger partial charge is 0.433 e. The molecule has 6 heterocycles. The summed E-state index contributed by atoms with van der Waals surface area (Å²) in [5.74, 6) is 3.66. The first-order valence-corrected chi connectivity index (χ1v) is 13.3. The molecule has 0 radical (unpaired) electrons. The number of furan rings is 1. The van der Waals surface area contributed by atoms with Crippen molar-refractivity contribution in [1.29, 1.82) is 0 Å². The molecule has 0 aliphatic carbocycles. The molecule has 0 spiro atoms. The van der Waals surface area contributed by atoms with Crippen molar-refractivity contribution < 1.29 is 47.3 Å². The molecule has 5 aliphatic heterocycles. The molecule has 4 atom stereocenters. The number of nitrogens with zero attached hydrogens (tertiary/aromatic N) is 3. The molecule has 8 rings (SSSR count). The van der Waals surface area contributed by atoms with Gasteiger partial charge in [-0.2, -0.15) is 10.1 Å². The highest BCUT2D eigenvalue weighted by Gasteiger charge is 2.48. The number of benzene rings is 2. The average molecular weight is 580 g/mol. The van der Waals surface area contributed by atoms with Crippen LogP contribution in [0.25, 0.3) is 0 Å². The first kappa shape index (κ1) is 26.1. The van der Waals surface area contributed by atoms with Crippen molar-refractivity contribution in [3.63, 3.8) is 0 Å². The van der Waals surface area contributed by atoms with Crippen LogP contribution in [-0.2, 0) is 14.2 Å². The molecular weight excluding hydrogens is 554 g/mol. The molecule has 14 heteroatoms. The zero-order chi connectivity index (χ0) is 28.6. The van der Waals surface area contributed by atoms with Crippen LogP contribution in [0.5, 0.6) is 23.0 Å². The highest BCUT2D eigenvalue weighted by molar-refractivity contribution is 5.78. The third-order valence-electron chi connectivity index (χ3n) is 7.57. The van der Waals surface area contributed by atoms with E-state index in [1.54, 1.807) is 0 Å². The number of hydrazone groups is 1. The quantitative estimate of drug-likeness (QED) is 0.243. The zero-order valence-electron chi connectivity index (χ0n) is 22.1. The number of amides is 1. The molecule has 14 nitrogen and oxygen atoms in total. The first-order valence-electron chi connectivity index (χ1n) is 13.3. The molecule has 2 aromatic carbocycles. The molecule has 4 unspecified atom stereocenters. The van der Waals surface area contributed by atoms with Gasteiger partial charge in [-0.05, 0) is 41.5 Å². The lowest BCUT2D eigenvalue weighted by atomic mass is 9.85. The summed E-state index contributed by atoms with van der Waals surface area (Å²) in [5, 5.41) is 15.2. The lowest BCUT2D eigenvalue weighted by molar-refractivity contribution is -0.402. The van der Waals surface area contributed by atoms with E-state index in [4.69, 9.17) is 32.8 Å². The van der Waals surface area contributed by atoms with Crippen LogP contribution in [0, 0.1) is 22.0 Å². The maximum Gasteiger partial charge on any atom is 0.433 e. The molecule has 1 aromatic heterocycles. The minimum Gasteiger partial charge on any atom is -0.454 e. The summed E-state index contributed by atoms with van der Waals surface area (Å²) in [6.45, 7) is 2.58. The van der Waals surface area contributed by atoms with Crippen LogP contribution in [0.15, 0.2) is 58.0 Å². The number of hydrogen-bond donors (Lipinski definition) is 0. The minimum absolute atomic E-state index is 0.0218. The van der Waals surface area contributed by atoms with E-state index in [2.05, 4.69) is 22.0 Å². The second-order valence-electron chi connectivity index (χ2n) is 9.98. The van der Waals surface area contributed by atoms with E-state index < -0.39 is 11.0 Å². The molecule has 3 saturated heterocycles. The summed E-state index contributed by atoms with van der Waals surface area (Å²) in [6.07, 6.45) is 0.721. The van der Waals surface area contributed by atoms with Crippen molar-refractivity contribution in [2.24, 2.45) is 16.9 Å². The van der Waals surface area contributed by atoms with E-state index in [9.17, 15) is 14.9 Å². The Bertz CT molecular complexity index is 1470. The maximum atomic E-state index is 11.0. The molecule has 42 heavy (non-hydrogen) atoms. The third-order valence-corrected chi connectivity index (χ3v) is 7.57. The van der Waals surface area contributed by atoms with Gasteiger partial charge in [0.1, 0.15) is 11.5 Å². The minimum atomic E-state index is -0.651. The summed E-state index contributed by atoms with van der Waals surface area (Å²) >= 11 is 0. The van der Waals surface area contributed by atoms with Gasteiger partial charge in [-0.3, -0.25) is 10.1 Å². The standard InChI is InChI=1S/C20H18O6.C8H7N3O5/c1-3-15-17(25-9-23-15)5-11(1)19-13-7-22-20(14(13)8-21-19)12-2-4-16-18(6-12)26-10-24-16;12-8-10(3-4-15-8)9-5-6-1-2-7(16-6)11(13)14/h1-6,13-14,19-20H,7-10H2;1-2,5H,3-4H2. The van der Waals surface area contributed by atoms with Crippen LogP contribution in [0.2, 0.25) is 0 Å². The molecule has 0 N–H and O–H groups in total. The van der Waals surface area contributed by atoms with Crippen LogP contribution in [0.1, 0.15) is 29.1 Å². The number of cyclic esters (lactones) is 1. The van der Waals surface area contributed by atoms with Crippen LogP contribution < -0.4 is 18.9 Å². The highest BCUT2D eigenvalue weighted by atomic mass is 16.7. The molecule has 0 saturated carbocycles. The van der Waals surface area contributed by atoms with Crippen molar-refractivity contribution in [2.45, 2.75) is 12.2 Å². The summed E-state index contributed by atoms with van der Waals surface area (Å²) in [6, 6.07) is 14.7. The van der Waals surface area contributed by atoms with Crippen LogP contribution in [0.4, 0.5) is 10.7 Å². The fourth-order valence-electron chi connectivity index (χ4n) is 5.54. The summed E-state index contributed by atoms with van der Waals surface area (Å²) in [7, 11) is 0. The Kier molecular flexibility index (Phi) is 6.76. The predicted octanol–water partition coefficient (Wildman–Crippen LogP) is 4.19. The van der Waals surface area contributed by atoms with Gasteiger partial charge in [0.05, 0.1) is 44.2 Å². The van der Waals surface area contributed by atoms with Gasteiger partial charge in [-0.25, -0.2) is 4.79 Å². The Labute approximate surface area is 238 Å². The lowest BCUT2D eigenvalue weighted by Gasteiger charge is -2.17. The Balaban J connectivity index is 0.000000155. The Hall–Kier alpha value is -4.82. The average Bonchev–Trinajstić information content (AvgIpc) is 3.83. The fourth-order valence-corrected chi connectivity index (χ4v) is 5.54. The summed E-state index contributed by atoms with van der Waals surface area (Å²) < 4.78 is 43.6. The Morgan fingerprint density at radius 3 is 1.93 bits per heavy atom. The van der Waals surface area contributed by atoms with Crippen molar-refractivity contribution in [2.75, 3.05) is 40.0 Å². The van der Waals surface area contributed by atoms with Gasteiger partial charge < -0.3 is 37.6 Å². The SMILES string of the molecule is O=C1OCCN1N=Cc1ccc([N+](=O)[O-])o1.c1cc2c(cc1C1OCC3C(c4ccc5c(c4)OCO5)OCC13)OCO2.